The van der Waals surface area contributed by atoms with Crippen molar-refractivity contribution in [3.05, 3.63) is 29.3 Å². The second-order valence-corrected chi connectivity index (χ2v) is 4.81. The lowest BCUT2D eigenvalue weighted by molar-refractivity contribution is 0.404. The van der Waals surface area contributed by atoms with E-state index in [9.17, 15) is 0 Å². The molecule has 1 aromatic carbocycles. The Morgan fingerprint density at radius 1 is 1.33 bits per heavy atom. The second-order valence-electron chi connectivity index (χ2n) is 4.81. The zero-order valence-electron chi connectivity index (χ0n) is 9.92. The van der Waals surface area contributed by atoms with Gasteiger partial charge >= 0.3 is 0 Å². The average Bonchev–Trinajstić information content (AvgIpc) is 2.27. The van der Waals surface area contributed by atoms with Gasteiger partial charge < -0.3 is 4.74 Å². The molecular formula is C14H20O. The number of ether oxygens (including phenoxy) is 1. The van der Waals surface area contributed by atoms with E-state index in [1.165, 1.54) is 30.4 Å². The Morgan fingerprint density at radius 2 is 2.13 bits per heavy atom. The molecule has 15 heavy (non-hydrogen) atoms. The van der Waals surface area contributed by atoms with Crippen LogP contribution in [-0.2, 0) is 6.42 Å². The topological polar surface area (TPSA) is 9.23 Å². The molecule has 0 amide bonds. The third-order valence-corrected chi connectivity index (χ3v) is 3.52. The summed E-state index contributed by atoms with van der Waals surface area (Å²) < 4.78 is 5.31. The highest BCUT2D eigenvalue weighted by atomic mass is 16.5. The van der Waals surface area contributed by atoms with Crippen LogP contribution in [0.5, 0.6) is 5.75 Å². The maximum Gasteiger partial charge on any atom is 0.119 e. The first-order valence-corrected chi connectivity index (χ1v) is 5.89. The molecule has 0 saturated heterocycles. The maximum atomic E-state index is 5.31. The fraction of sp³-hybridized carbons (Fsp3) is 0.571. The first-order chi connectivity index (χ1) is 7.22. The van der Waals surface area contributed by atoms with Crippen molar-refractivity contribution in [1.82, 2.24) is 0 Å². The minimum absolute atomic E-state index is 0.726. The standard InChI is InChI=1S/C14H20O/c1-10(2)13-6-4-5-11-7-8-12(15-3)9-14(11)13/h7-10,13H,4-6H2,1-3H3/t13-/m1/s1. The molecule has 0 aromatic heterocycles. The number of aryl methyl sites for hydroxylation is 1. The molecule has 0 N–H and O–H groups in total. The Labute approximate surface area is 92.5 Å². The summed E-state index contributed by atoms with van der Waals surface area (Å²) in [6, 6.07) is 6.56. The second kappa shape index (κ2) is 4.26. The Balaban J connectivity index is 2.39. The molecule has 1 heteroatoms. The largest absolute Gasteiger partial charge is 0.497 e. The normalized spacial score (nSPS) is 20.1. The van der Waals surface area contributed by atoms with Crippen LogP contribution in [0.2, 0.25) is 0 Å². The molecule has 82 valence electrons. The lowest BCUT2D eigenvalue weighted by atomic mass is 9.77. The Hall–Kier alpha value is -0.980. The molecule has 1 aliphatic carbocycles. The van der Waals surface area contributed by atoms with Gasteiger partial charge in [-0.2, -0.15) is 0 Å². The summed E-state index contributed by atoms with van der Waals surface area (Å²) in [6.07, 6.45) is 3.91. The molecule has 1 atom stereocenters. The van der Waals surface area contributed by atoms with Gasteiger partial charge in [-0.05, 0) is 54.4 Å². The number of fused-ring (bicyclic) bond motifs is 1. The van der Waals surface area contributed by atoms with Gasteiger partial charge in [0.1, 0.15) is 5.75 Å². The summed E-state index contributed by atoms with van der Waals surface area (Å²) in [5.41, 5.74) is 3.05. The van der Waals surface area contributed by atoms with Crippen molar-refractivity contribution < 1.29 is 4.74 Å². The van der Waals surface area contributed by atoms with Crippen molar-refractivity contribution in [2.24, 2.45) is 5.92 Å². The van der Waals surface area contributed by atoms with Crippen LogP contribution in [-0.4, -0.2) is 7.11 Å². The summed E-state index contributed by atoms with van der Waals surface area (Å²) in [4.78, 5) is 0. The van der Waals surface area contributed by atoms with Gasteiger partial charge in [-0.1, -0.05) is 19.9 Å². The monoisotopic (exact) mass is 204 g/mol. The highest BCUT2D eigenvalue weighted by Crippen LogP contribution is 2.38. The molecule has 0 heterocycles. The van der Waals surface area contributed by atoms with E-state index < -0.39 is 0 Å². The highest BCUT2D eigenvalue weighted by molar-refractivity contribution is 5.39. The van der Waals surface area contributed by atoms with Gasteiger partial charge in [0, 0.05) is 0 Å². The SMILES string of the molecule is COc1ccc2c(c1)[C@@H](C(C)C)CCC2. The molecular weight excluding hydrogens is 184 g/mol. The third-order valence-electron chi connectivity index (χ3n) is 3.52. The summed E-state index contributed by atoms with van der Waals surface area (Å²) in [5.74, 6) is 2.46. The first kappa shape index (κ1) is 10.5. The minimum Gasteiger partial charge on any atom is -0.497 e. The Bertz CT molecular complexity index is 341. The minimum atomic E-state index is 0.726. The molecule has 1 aromatic rings. The average molecular weight is 204 g/mol. The summed E-state index contributed by atoms with van der Waals surface area (Å²) >= 11 is 0. The number of hydrogen-bond acceptors (Lipinski definition) is 1. The van der Waals surface area contributed by atoms with Crippen LogP contribution in [0, 0.1) is 5.92 Å². The van der Waals surface area contributed by atoms with Crippen molar-refractivity contribution in [1.29, 1.82) is 0 Å². The van der Waals surface area contributed by atoms with Gasteiger partial charge in [0.05, 0.1) is 7.11 Å². The quantitative estimate of drug-likeness (QED) is 0.712. The van der Waals surface area contributed by atoms with Gasteiger partial charge in [0.2, 0.25) is 0 Å². The third kappa shape index (κ3) is 2.01. The summed E-state index contributed by atoms with van der Waals surface area (Å²) in [7, 11) is 1.74. The molecule has 0 fully saturated rings. The van der Waals surface area contributed by atoms with Gasteiger partial charge in [0.15, 0.2) is 0 Å². The molecule has 2 rings (SSSR count). The van der Waals surface area contributed by atoms with Crippen LogP contribution in [0.4, 0.5) is 0 Å². The fourth-order valence-electron chi connectivity index (χ4n) is 2.63. The van der Waals surface area contributed by atoms with Crippen LogP contribution >= 0.6 is 0 Å². The smallest absolute Gasteiger partial charge is 0.119 e. The van der Waals surface area contributed by atoms with E-state index in [1.807, 2.05) is 0 Å². The van der Waals surface area contributed by atoms with Gasteiger partial charge in [0.25, 0.3) is 0 Å². The molecule has 1 aliphatic rings. The van der Waals surface area contributed by atoms with E-state index >= 15 is 0 Å². The van der Waals surface area contributed by atoms with Gasteiger partial charge in [-0.25, -0.2) is 0 Å². The van der Waals surface area contributed by atoms with Crippen LogP contribution in [0.15, 0.2) is 18.2 Å². The Morgan fingerprint density at radius 3 is 2.80 bits per heavy atom. The van der Waals surface area contributed by atoms with E-state index in [-0.39, 0.29) is 0 Å². The van der Waals surface area contributed by atoms with Crippen LogP contribution in [0.25, 0.3) is 0 Å². The number of hydrogen-bond donors (Lipinski definition) is 0. The maximum absolute atomic E-state index is 5.31. The summed E-state index contributed by atoms with van der Waals surface area (Å²) in [5, 5.41) is 0. The number of methoxy groups -OCH3 is 1. The van der Waals surface area contributed by atoms with E-state index in [0.29, 0.717) is 0 Å². The highest BCUT2D eigenvalue weighted by Gasteiger charge is 2.23. The van der Waals surface area contributed by atoms with Crippen LogP contribution in [0.1, 0.15) is 43.7 Å². The number of benzene rings is 1. The lowest BCUT2D eigenvalue weighted by Gasteiger charge is -2.28. The predicted molar refractivity (Wildman–Crippen MR) is 63.5 cm³/mol. The predicted octanol–water partition coefficient (Wildman–Crippen LogP) is 3.77. The number of rotatable bonds is 2. The van der Waals surface area contributed by atoms with E-state index in [0.717, 1.165) is 17.6 Å². The molecule has 0 bridgehead atoms. The molecule has 0 saturated carbocycles. The van der Waals surface area contributed by atoms with E-state index in [2.05, 4.69) is 32.0 Å². The van der Waals surface area contributed by atoms with Crippen molar-refractivity contribution in [3.63, 3.8) is 0 Å². The Kier molecular flexibility index (Phi) is 2.99. The van der Waals surface area contributed by atoms with Crippen LogP contribution < -0.4 is 4.74 Å². The lowest BCUT2D eigenvalue weighted by Crippen LogP contribution is -2.14. The molecule has 0 spiro atoms. The fourth-order valence-corrected chi connectivity index (χ4v) is 2.63. The van der Waals surface area contributed by atoms with Crippen molar-refractivity contribution in [2.45, 2.75) is 39.0 Å². The van der Waals surface area contributed by atoms with E-state index in [4.69, 9.17) is 4.74 Å². The van der Waals surface area contributed by atoms with Gasteiger partial charge in [-0.15, -0.1) is 0 Å². The molecule has 0 aliphatic heterocycles. The first-order valence-electron chi connectivity index (χ1n) is 5.89. The zero-order valence-corrected chi connectivity index (χ0v) is 9.92. The molecule has 0 unspecified atom stereocenters. The molecule has 1 nitrogen and oxygen atoms in total. The van der Waals surface area contributed by atoms with Crippen LogP contribution in [0.3, 0.4) is 0 Å². The van der Waals surface area contributed by atoms with Crippen molar-refractivity contribution in [3.8, 4) is 5.75 Å². The summed E-state index contributed by atoms with van der Waals surface area (Å²) in [6.45, 7) is 4.64. The van der Waals surface area contributed by atoms with Gasteiger partial charge in [-0.3, -0.25) is 0 Å². The molecule has 0 radical (unpaired) electrons. The zero-order chi connectivity index (χ0) is 10.8. The van der Waals surface area contributed by atoms with E-state index in [1.54, 1.807) is 7.11 Å². The van der Waals surface area contributed by atoms with Crippen molar-refractivity contribution >= 4 is 0 Å². The van der Waals surface area contributed by atoms with Crippen molar-refractivity contribution in [2.75, 3.05) is 7.11 Å².